The van der Waals surface area contributed by atoms with Crippen molar-refractivity contribution >= 4 is 10.0 Å². The number of hydrogen-bond acceptors (Lipinski definition) is 4. The average molecular weight is 305 g/mol. The molecule has 2 heterocycles. The number of hydrogen-bond donors (Lipinski definition) is 1. The molecule has 1 aromatic carbocycles. The number of rotatable bonds is 2. The fourth-order valence-electron chi connectivity index (χ4n) is 3.45. The van der Waals surface area contributed by atoms with Gasteiger partial charge in [-0.25, -0.2) is 8.42 Å². The molecule has 2 unspecified atom stereocenters. The molecule has 5 nitrogen and oxygen atoms in total. The highest BCUT2D eigenvalue weighted by Crippen LogP contribution is 2.34. The van der Waals surface area contributed by atoms with Crippen LogP contribution in [0.1, 0.15) is 30.4 Å². The Labute approximate surface area is 125 Å². The Kier molecular flexibility index (Phi) is 3.74. The number of nitrogens with zero attached hydrogens (tertiary/aromatic N) is 2. The number of aryl methyl sites for hydroxylation is 1. The van der Waals surface area contributed by atoms with Crippen LogP contribution in [-0.2, 0) is 10.0 Å². The summed E-state index contributed by atoms with van der Waals surface area (Å²) in [6.07, 6.45) is 2.73. The molecule has 2 aliphatic heterocycles. The van der Waals surface area contributed by atoms with Crippen molar-refractivity contribution in [3.63, 3.8) is 0 Å². The van der Waals surface area contributed by atoms with E-state index in [0.717, 1.165) is 32.4 Å². The van der Waals surface area contributed by atoms with Gasteiger partial charge in [-0.1, -0.05) is 0 Å². The molecule has 0 amide bonds. The second kappa shape index (κ2) is 5.41. The molecule has 6 heteroatoms. The van der Waals surface area contributed by atoms with Gasteiger partial charge < -0.3 is 5.32 Å². The number of nitrogens with one attached hydrogen (secondary N) is 1. The highest BCUT2D eigenvalue weighted by atomic mass is 32.2. The zero-order valence-corrected chi connectivity index (χ0v) is 12.9. The molecule has 2 aliphatic rings. The van der Waals surface area contributed by atoms with E-state index in [9.17, 15) is 8.42 Å². The monoisotopic (exact) mass is 305 g/mol. The number of sulfonamides is 1. The lowest BCUT2D eigenvalue weighted by molar-refractivity contribution is 0.334. The largest absolute Gasteiger partial charge is 0.315 e. The standard InChI is InChI=1S/C15H19N3O2S/c1-11-8-12(9-16)2-5-15(11)21(19,20)18-13-3-4-14(18)10-17-7-6-13/h2,5,8,13-14,17H,3-4,6-7,10H2,1H3. The van der Waals surface area contributed by atoms with Crippen LogP contribution in [0.25, 0.3) is 0 Å². The minimum atomic E-state index is -3.49. The van der Waals surface area contributed by atoms with Crippen molar-refractivity contribution in [1.29, 1.82) is 5.26 Å². The first-order chi connectivity index (χ1) is 10.0. The third-order valence-corrected chi connectivity index (χ3v) is 6.61. The average Bonchev–Trinajstić information content (AvgIpc) is 2.72. The van der Waals surface area contributed by atoms with Crippen molar-refractivity contribution in [3.05, 3.63) is 29.3 Å². The van der Waals surface area contributed by atoms with Crippen LogP contribution in [0.15, 0.2) is 23.1 Å². The molecule has 0 radical (unpaired) electrons. The third kappa shape index (κ3) is 2.46. The number of fused-ring (bicyclic) bond motifs is 2. The molecule has 2 saturated heterocycles. The highest BCUT2D eigenvalue weighted by molar-refractivity contribution is 7.89. The van der Waals surface area contributed by atoms with Crippen LogP contribution in [0, 0.1) is 18.3 Å². The minimum Gasteiger partial charge on any atom is -0.315 e. The van der Waals surface area contributed by atoms with Crippen molar-refractivity contribution < 1.29 is 8.42 Å². The first-order valence-corrected chi connectivity index (χ1v) is 8.73. The van der Waals surface area contributed by atoms with Crippen molar-refractivity contribution in [3.8, 4) is 6.07 Å². The molecule has 2 atom stereocenters. The van der Waals surface area contributed by atoms with Crippen LogP contribution in [0.2, 0.25) is 0 Å². The third-order valence-electron chi connectivity index (χ3n) is 4.45. The van der Waals surface area contributed by atoms with Gasteiger partial charge in [0, 0.05) is 18.6 Å². The summed E-state index contributed by atoms with van der Waals surface area (Å²) < 4.78 is 27.8. The predicted octanol–water partition coefficient (Wildman–Crippen LogP) is 1.38. The maximum atomic E-state index is 13.0. The van der Waals surface area contributed by atoms with E-state index >= 15 is 0 Å². The number of nitriles is 1. The van der Waals surface area contributed by atoms with Gasteiger partial charge in [0.2, 0.25) is 10.0 Å². The highest BCUT2D eigenvalue weighted by Gasteiger charge is 2.43. The van der Waals surface area contributed by atoms with Crippen LogP contribution in [-0.4, -0.2) is 37.9 Å². The molecule has 112 valence electrons. The van der Waals surface area contributed by atoms with Gasteiger partial charge in [-0.05, 0) is 56.5 Å². The Balaban J connectivity index is 2.03. The SMILES string of the molecule is Cc1cc(C#N)ccc1S(=O)(=O)N1C2CCNCC1CC2. The zero-order valence-electron chi connectivity index (χ0n) is 12.0. The van der Waals surface area contributed by atoms with Gasteiger partial charge in [-0.2, -0.15) is 9.57 Å². The fraction of sp³-hybridized carbons (Fsp3) is 0.533. The minimum absolute atomic E-state index is 0.0533. The summed E-state index contributed by atoms with van der Waals surface area (Å²) >= 11 is 0. The van der Waals surface area contributed by atoms with Gasteiger partial charge in [0.25, 0.3) is 0 Å². The Hall–Kier alpha value is -1.42. The van der Waals surface area contributed by atoms with Gasteiger partial charge in [-0.15, -0.1) is 0 Å². The van der Waals surface area contributed by atoms with E-state index in [1.165, 1.54) is 0 Å². The second-order valence-electron chi connectivity index (χ2n) is 5.80. The molecule has 1 aromatic rings. The molecule has 1 N–H and O–H groups in total. The fourth-order valence-corrected chi connectivity index (χ4v) is 5.56. The van der Waals surface area contributed by atoms with Crippen molar-refractivity contribution in [2.45, 2.75) is 43.2 Å². The van der Waals surface area contributed by atoms with Gasteiger partial charge in [0.1, 0.15) is 0 Å². The molecular weight excluding hydrogens is 286 g/mol. The van der Waals surface area contributed by atoms with Gasteiger partial charge >= 0.3 is 0 Å². The molecule has 2 bridgehead atoms. The maximum Gasteiger partial charge on any atom is 0.243 e. The summed E-state index contributed by atoms with van der Waals surface area (Å²) in [6, 6.07) is 7.00. The molecule has 0 aliphatic carbocycles. The zero-order chi connectivity index (χ0) is 15.0. The van der Waals surface area contributed by atoms with E-state index in [4.69, 9.17) is 5.26 Å². The van der Waals surface area contributed by atoms with Gasteiger partial charge in [-0.3, -0.25) is 0 Å². The molecule has 2 fully saturated rings. The first kappa shape index (κ1) is 14.5. The summed E-state index contributed by atoms with van der Waals surface area (Å²) in [5.41, 5.74) is 1.14. The van der Waals surface area contributed by atoms with Crippen LogP contribution in [0.4, 0.5) is 0 Å². The predicted molar refractivity (Wildman–Crippen MR) is 79.2 cm³/mol. The Morgan fingerprint density at radius 2 is 2.05 bits per heavy atom. The molecule has 21 heavy (non-hydrogen) atoms. The lowest BCUT2D eigenvalue weighted by atomic mass is 10.1. The Morgan fingerprint density at radius 3 is 2.76 bits per heavy atom. The Bertz CT molecular complexity index is 679. The smallest absolute Gasteiger partial charge is 0.243 e. The lowest BCUT2D eigenvalue weighted by Gasteiger charge is -2.27. The van der Waals surface area contributed by atoms with E-state index in [1.807, 2.05) is 6.07 Å². The Morgan fingerprint density at radius 1 is 1.29 bits per heavy atom. The summed E-state index contributed by atoms with van der Waals surface area (Å²) in [5, 5.41) is 12.2. The molecule has 3 rings (SSSR count). The van der Waals surface area contributed by atoms with E-state index in [1.54, 1.807) is 29.4 Å². The van der Waals surface area contributed by atoms with Crippen molar-refractivity contribution in [2.24, 2.45) is 0 Å². The molecule has 0 saturated carbocycles. The normalized spacial score (nSPS) is 26.3. The van der Waals surface area contributed by atoms with Crippen molar-refractivity contribution in [1.82, 2.24) is 9.62 Å². The lowest BCUT2D eigenvalue weighted by Crippen LogP contribution is -2.42. The van der Waals surface area contributed by atoms with E-state index in [2.05, 4.69) is 5.32 Å². The van der Waals surface area contributed by atoms with E-state index in [-0.39, 0.29) is 12.1 Å². The molecule has 0 spiro atoms. The van der Waals surface area contributed by atoms with Crippen LogP contribution >= 0.6 is 0 Å². The quantitative estimate of drug-likeness (QED) is 0.896. The molecule has 0 aromatic heterocycles. The van der Waals surface area contributed by atoms with E-state index < -0.39 is 10.0 Å². The van der Waals surface area contributed by atoms with Crippen molar-refractivity contribution in [2.75, 3.05) is 13.1 Å². The molecular formula is C15H19N3O2S. The van der Waals surface area contributed by atoms with Crippen LogP contribution < -0.4 is 5.32 Å². The first-order valence-electron chi connectivity index (χ1n) is 7.29. The van der Waals surface area contributed by atoms with Gasteiger partial charge in [0.15, 0.2) is 0 Å². The van der Waals surface area contributed by atoms with Crippen LogP contribution in [0.5, 0.6) is 0 Å². The van der Waals surface area contributed by atoms with E-state index in [0.29, 0.717) is 16.0 Å². The summed E-state index contributed by atoms with van der Waals surface area (Å²) in [4.78, 5) is 0.334. The summed E-state index contributed by atoms with van der Waals surface area (Å²) in [7, 11) is -3.49. The summed E-state index contributed by atoms with van der Waals surface area (Å²) in [5.74, 6) is 0. The summed E-state index contributed by atoms with van der Waals surface area (Å²) in [6.45, 7) is 3.36. The topological polar surface area (TPSA) is 73.2 Å². The maximum absolute atomic E-state index is 13.0. The van der Waals surface area contributed by atoms with Gasteiger partial charge in [0.05, 0.1) is 16.5 Å². The number of benzene rings is 1. The van der Waals surface area contributed by atoms with Crippen LogP contribution in [0.3, 0.4) is 0 Å². The second-order valence-corrected chi connectivity index (χ2v) is 7.62.